The van der Waals surface area contributed by atoms with Crippen molar-refractivity contribution in [2.45, 2.75) is 43.2 Å². The van der Waals surface area contributed by atoms with Crippen molar-refractivity contribution in [1.29, 1.82) is 0 Å². The molecule has 1 saturated heterocycles. The third-order valence-electron chi connectivity index (χ3n) is 10.8. The summed E-state index contributed by atoms with van der Waals surface area (Å²) in [4.78, 5) is 78.6. The van der Waals surface area contributed by atoms with Crippen LogP contribution in [-0.2, 0) is 32.8 Å². The molecule has 16 heteroatoms. The minimum Gasteiger partial charge on any atom is -0.494 e. The second kappa shape index (κ2) is 18.1. The maximum absolute atomic E-state index is 13.2. The summed E-state index contributed by atoms with van der Waals surface area (Å²) in [5.41, 5.74) is 5.94. The van der Waals surface area contributed by atoms with Crippen molar-refractivity contribution in [3.63, 3.8) is 0 Å². The van der Waals surface area contributed by atoms with Crippen LogP contribution in [-0.4, -0.2) is 100.0 Å². The lowest BCUT2D eigenvalue weighted by Crippen LogP contribution is -2.52. The molecular weight excluding hydrogens is 783 g/mol. The number of imide groups is 1. The Bertz CT molecular complexity index is 2500. The number of para-hydroxylation sites is 1. The molecule has 3 aromatic carbocycles. The zero-order valence-corrected chi connectivity index (χ0v) is 34.8. The Morgan fingerprint density at radius 3 is 2.65 bits per heavy atom. The SMILES string of the molecule is C=CC(=O)Nc1cc(Nc2nccc(-c3cn(C)c4ccccc34)n2)c(OC)cc1N(C)CCN(C)C(=O)CCCSc1cccc2c1CN(C1CCC(=O)NC1=O)C2=O. The van der Waals surface area contributed by atoms with Crippen LogP contribution in [0.2, 0.25) is 0 Å². The van der Waals surface area contributed by atoms with Gasteiger partial charge in [0.25, 0.3) is 5.91 Å². The highest BCUT2D eigenvalue weighted by Gasteiger charge is 2.39. The van der Waals surface area contributed by atoms with Crippen LogP contribution in [0.15, 0.2) is 90.6 Å². The molecule has 310 valence electrons. The number of anilines is 4. The summed E-state index contributed by atoms with van der Waals surface area (Å²) in [6.45, 7) is 4.79. The Labute approximate surface area is 352 Å². The third kappa shape index (κ3) is 8.83. The van der Waals surface area contributed by atoms with E-state index >= 15 is 0 Å². The summed E-state index contributed by atoms with van der Waals surface area (Å²) in [5.74, 6) is 0.130. The number of thioether (sulfide) groups is 1. The Balaban J connectivity index is 0.962. The van der Waals surface area contributed by atoms with Gasteiger partial charge in [-0.25, -0.2) is 9.97 Å². The maximum atomic E-state index is 13.2. The molecule has 1 fully saturated rings. The van der Waals surface area contributed by atoms with Crippen LogP contribution < -0.4 is 25.6 Å². The fourth-order valence-electron chi connectivity index (χ4n) is 7.50. The van der Waals surface area contributed by atoms with Crippen molar-refractivity contribution in [3.8, 4) is 17.0 Å². The smallest absolute Gasteiger partial charge is 0.255 e. The van der Waals surface area contributed by atoms with Gasteiger partial charge < -0.3 is 34.6 Å². The maximum Gasteiger partial charge on any atom is 0.255 e. The second-order valence-electron chi connectivity index (χ2n) is 14.7. The van der Waals surface area contributed by atoms with Crippen LogP contribution in [0.3, 0.4) is 0 Å². The molecular formula is C44H47N9O6S. The lowest BCUT2D eigenvalue weighted by atomic mass is 10.0. The molecule has 0 radical (unpaired) electrons. The van der Waals surface area contributed by atoms with E-state index in [0.29, 0.717) is 79.0 Å². The predicted octanol–water partition coefficient (Wildman–Crippen LogP) is 5.74. The number of fused-ring (bicyclic) bond motifs is 2. The van der Waals surface area contributed by atoms with Crippen LogP contribution in [0.25, 0.3) is 22.2 Å². The number of carbonyl (C=O) groups is 5. The number of benzene rings is 3. The molecule has 0 spiro atoms. The number of nitrogens with one attached hydrogen (secondary N) is 3. The topological polar surface area (TPSA) is 171 Å². The Kier molecular flexibility index (Phi) is 12.5. The first-order valence-electron chi connectivity index (χ1n) is 19.6. The molecule has 4 heterocycles. The van der Waals surface area contributed by atoms with Crippen LogP contribution in [0.5, 0.6) is 5.75 Å². The van der Waals surface area contributed by atoms with Crippen molar-refractivity contribution >= 4 is 75.2 Å². The van der Waals surface area contributed by atoms with E-state index in [-0.39, 0.29) is 30.0 Å². The van der Waals surface area contributed by atoms with E-state index < -0.39 is 11.9 Å². The minimum atomic E-state index is -0.672. The molecule has 0 aliphatic carbocycles. The largest absolute Gasteiger partial charge is 0.494 e. The molecule has 1 unspecified atom stereocenters. The normalized spacial score (nSPS) is 14.8. The summed E-state index contributed by atoms with van der Waals surface area (Å²) < 4.78 is 7.86. The number of carbonyl (C=O) groups excluding carboxylic acids is 5. The lowest BCUT2D eigenvalue weighted by Gasteiger charge is -2.29. The third-order valence-corrected chi connectivity index (χ3v) is 12.0. The minimum absolute atomic E-state index is 0.00968. The summed E-state index contributed by atoms with van der Waals surface area (Å²) in [6.07, 6.45) is 6.39. The number of aryl methyl sites for hydroxylation is 1. The van der Waals surface area contributed by atoms with Gasteiger partial charge in [-0.2, -0.15) is 0 Å². The quantitative estimate of drug-likeness (QED) is 0.0480. The van der Waals surface area contributed by atoms with Gasteiger partial charge in [0, 0.05) is 99.0 Å². The molecule has 3 N–H and O–H groups in total. The Hall–Kier alpha value is -6.68. The van der Waals surface area contributed by atoms with Crippen LogP contribution in [0.4, 0.5) is 23.0 Å². The first-order chi connectivity index (χ1) is 28.9. The first-order valence-corrected chi connectivity index (χ1v) is 20.6. The lowest BCUT2D eigenvalue weighted by molar-refractivity contribution is -0.137. The van der Waals surface area contributed by atoms with Gasteiger partial charge in [0.05, 0.1) is 29.9 Å². The van der Waals surface area contributed by atoms with Crippen molar-refractivity contribution in [1.82, 2.24) is 29.7 Å². The zero-order chi connectivity index (χ0) is 42.5. The van der Waals surface area contributed by atoms with Gasteiger partial charge in [0.15, 0.2) is 0 Å². The van der Waals surface area contributed by atoms with Crippen molar-refractivity contribution < 1.29 is 28.7 Å². The molecule has 2 aromatic heterocycles. The van der Waals surface area contributed by atoms with Crippen LogP contribution >= 0.6 is 11.8 Å². The molecule has 5 aromatic rings. The number of piperidine rings is 1. The molecule has 5 amide bonds. The fraction of sp³-hybridized carbons (Fsp3) is 0.295. The molecule has 2 aliphatic heterocycles. The van der Waals surface area contributed by atoms with Gasteiger partial charge in [0.1, 0.15) is 11.8 Å². The molecule has 0 saturated carbocycles. The molecule has 0 bridgehead atoms. The van der Waals surface area contributed by atoms with Crippen molar-refractivity contribution in [3.05, 3.63) is 96.8 Å². The van der Waals surface area contributed by atoms with Crippen molar-refractivity contribution in [2.24, 2.45) is 7.05 Å². The number of ether oxygens (including phenoxy) is 1. The molecule has 15 nitrogen and oxygen atoms in total. The standard InChI is InChI=1S/C44H47N9O6S/c1-6-39(54)46-32-23-33(48-44-45-19-18-31(47-44)29-25-52(4)34-13-8-7-11-27(29)34)37(59-5)24-36(32)50(2)20-21-51(3)41(56)15-10-22-60-38-14-9-12-28-30(38)26-53(43(28)58)35-16-17-40(55)49-42(35)57/h6-9,11-14,18-19,23-25,35H,1,10,15-17,20-22,26H2,2-5H3,(H,46,54)(H,45,47,48)(H,49,55,57). The van der Waals surface area contributed by atoms with Crippen LogP contribution in [0.1, 0.15) is 41.6 Å². The summed E-state index contributed by atoms with van der Waals surface area (Å²) in [6, 6.07) is 18.4. The summed E-state index contributed by atoms with van der Waals surface area (Å²) in [5, 5.41) is 9.59. The number of methoxy groups -OCH3 is 1. The average molecular weight is 830 g/mol. The van der Waals surface area contributed by atoms with Gasteiger partial charge >= 0.3 is 0 Å². The zero-order valence-electron chi connectivity index (χ0n) is 34.0. The molecule has 7 rings (SSSR count). The van der Waals surface area contributed by atoms with E-state index in [4.69, 9.17) is 9.72 Å². The highest BCUT2D eigenvalue weighted by Crippen LogP contribution is 2.39. The number of nitrogens with zero attached hydrogens (tertiary/aromatic N) is 6. The first kappa shape index (κ1) is 41.5. The van der Waals surface area contributed by atoms with Gasteiger partial charge in [-0.3, -0.25) is 29.3 Å². The molecule has 60 heavy (non-hydrogen) atoms. The number of hydrogen-bond donors (Lipinski definition) is 3. The average Bonchev–Trinajstić information content (AvgIpc) is 3.77. The summed E-state index contributed by atoms with van der Waals surface area (Å²) in [7, 11) is 7.20. The second-order valence-corrected chi connectivity index (χ2v) is 15.8. The van der Waals surface area contributed by atoms with E-state index in [0.717, 1.165) is 32.6 Å². The van der Waals surface area contributed by atoms with E-state index in [1.807, 2.05) is 61.6 Å². The number of aromatic nitrogens is 3. The number of hydrogen-bond acceptors (Lipinski definition) is 11. The molecule has 2 aliphatic rings. The van der Waals surface area contributed by atoms with E-state index in [2.05, 4.69) is 44.2 Å². The Morgan fingerprint density at radius 1 is 1.05 bits per heavy atom. The molecule has 1 atom stereocenters. The number of likely N-dealkylation sites (N-methyl/N-ethyl adjacent to an activating group) is 2. The fourth-order valence-corrected chi connectivity index (χ4v) is 8.54. The summed E-state index contributed by atoms with van der Waals surface area (Å²) >= 11 is 1.58. The van der Waals surface area contributed by atoms with E-state index in [1.54, 1.807) is 54.0 Å². The van der Waals surface area contributed by atoms with Crippen molar-refractivity contribution in [2.75, 3.05) is 55.6 Å². The Morgan fingerprint density at radius 2 is 1.87 bits per heavy atom. The van der Waals surface area contributed by atoms with Gasteiger partial charge in [-0.1, -0.05) is 30.8 Å². The van der Waals surface area contributed by atoms with Gasteiger partial charge in [-0.05, 0) is 60.6 Å². The number of amides is 5. The van der Waals surface area contributed by atoms with Gasteiger partial charge in [0.2, 0.25) is 29.6 Å². The predicted molar refractivity (Wildman–Crippen MR) is 232 cm³/mol. The van der Waals surface area contributed by atoms with Crippen LogP contribution in [0, 0.1) is 0 Å². The highest BCUT2D eigenvalue weighted by atomic mass is 32.2. The highest BCUT2D eigenvalue weighted by molar-refractivity contribution is 7.99. The van der Waals surface area contributed by atoms with Gasteiger partial charge in [-0.15, -0.1) is 11.8 Å². The van der Waals surface area contributed by atoms with E-state index in [1.165, 1.54) is 6.08 Å². The van der Waals surface area contributed by atoms with E-state index in [9.17, 15) is 24.0 Å². The monoisotopic (exact) mass is 829 g/mol. The number of rotatable bonds is 16.